The van der Waals surface area contributed by atoms with Gasteiger partial charge in [0, 0.05) is 6.42 Å². The molecule has 1 aromatic carbocycles. The quantitative estimate of drug-likeness (QED) is 0.858. The molecule has 5 nitrogen and oxygen atoms in total. The average molecular weight is 289 g/mol. The molecule has 21 heavy (non-hydrogen) atoms. The molecule has 1 heterocycles. The molecule has 0 aromatic heterocycles. The van der Waals surface area contributed by atoms with Gasteiger partial charge in [0.05, 0.1) is 20.2 Å². The number of ether oxygens (including phenoxy) is 1. The molecule has 0 fully saturated rings. The number of methoxy groups -OCH3 is 1. The molecule has 2 N–H and O–H groups in total. The lowest BCUT2D eigenvalue weighted by atomic mass is 9.99. The summed E-state index contributed by atoms with van der Waals surface area (Å²) in [7, 11) is 1.25. The van der Waals surface area contributed by atoms with Crippen LogP contribution in [0.4, 0.5) is 4.79 Å². The number of hydrogen-bond donors (Lipinski definition) is 2. The van der Waals surface area contributed by atoms with Crippen molar-refractivity contribution in [3.63, 3.8) is 0 Å². The Hall–Kier alpha value is -2.14. The lowest BCUT2D eigenvalue weighted by Gasteiger charge is -2.28. The highest BCUT2D eigenvalue weighted by Gasteiger charge is 2.28. The van der Waals surface area contributed by atoms with Crippen molar-refractivity contribution < 1.29 is 19.2 Å². The average Bonchev–Trinajstić information content (AvgIpc) is 2.55. The van der Waals surface area contributed by atoms with Crippen LogP contribution in [0.25, 0.3) is 5.57 Å². The van der Waals surface area contributed by atoms with Crippen LogP contribution < -0.4 is 10.2 Å². The van der Waals surface area contributed by atoms with Crippen LogP contribution in [-0.4, -0.2) is 38.2 Å². The minimum atomic E-state index is -0.705. The van der Waals surface area contributed by atoms with Crippen LogP contribution in [0, 0.1) is 0 Å². The number of hydrogen-bond acceptors (Lipinski definition) is 3. The van der Waals surface area contributed by atoms with Gasteiger partial charge in [-0.2, -0.15) is 0 Å². The molecule has 0 bridgehead atoms. The topological polar surface area (TPSA) is 59.8 Å². The Morgan fingerprint density at radius 2 is 2.00 bits per heavy atom. The van der Waals surface area contributed by atoms with E-state index in [-0.39, 0.29) is 11.9 Å². The largest absolute Gasteiger partial charge is 0.453 e. The third kappa shape index (κ3) is 3.92. The SMILES string of the molecule is COC(=O)NC(=O)[C@H](C)[NH+]1CC=C(c2ccccc2)CC1. The predicted octanol–water partition coefficient (Wildman–Crippen LogP) is 0.630. The summed E-state index contributed by atoms with van der Waals surface area (Å²) in [5.74, 6) is -0.298. The van der Waals surface area contributed by atoms with Gasteiger partial charge in [0.25, 0.3) is 5.91 Å². The first kappa shape index (κ1) is 15.3. The molecular weight excluding hydrogens is 268 g/mol. The zero-order valence-electron chi connectivity index (χ0n) is 12.4. The van der Waals surface area contributed by atoms with E-state index in [4.69, 9.17) is 0 Å². The monoisotopic (exact) mass is 289 g/mol. The molecule has 1 unspecified atom stereocenters. The second-order valence-electron chi connectivity index (χ2n) is 5.16. The lowest BCUT2D eigenvalue weighted by Crippen LogP contribution is -3.17. The molecule has 1 aromatic rings. The zero-order valence-corrected chi connectivity index (χ0v) is 12.4. The van der Waals surface area contributed by atoms with E-state index >= 15 is 0 Å². The van der Waals surface area contributed by atoms with Crippen LogP contribution in [0.2, 0.25) is 0 Å². The zero-order chi connectivity index (χ0) is 15.2. The maximum Gasteiger partial charge on any atom is 0.413 e. The van der Waals surface area contributed by atoms with Crippen molar-refractivity contribution >= 4 is 17.6 Å². The van der Waals surface area contributed by atoms with Crippen molar-refractivity contribution in [3.05, 3.63) is 42.0 Å². The summed E-state index contributed by atoms with van der Waals surface area (Å²) in [6, 6.07) is 9.99. The summed E-state index contributed by atoms with van der Waals surface area (Å²) in [6.45, 7) is 3.48. The third-order valence-corrected chi connectivity index (χ3v) is 3.89. The molecule has 5 heteroatoms. The van der Waals surface area contributed by atoms with Crippen molar-refractivity contribution in [2.24, 2.45) is 0 Å². The van der Waals surface area contributed by atoms with Gasteiger partial charge in [-0.15, -0.1) is 0 Å². The Balaban J connectivity index is 1.95. The van der Waals surface area contributed by atoms with Crippen molar-refractivity contribution in [1.29, 1.82) is 0 Å². The Morgan fingerprint density at radius 3 is 2.57 bits per heavy atom. The number of amides is 2. The van der Waals surface area contributed by atoms with Gasteiger partial charge in [-0.05, 0) is 24.1 Å². The van der Waals surface area contributed by atoms with Crippen molar-refractivity contribution in [3.8, 4) is 0 Å². The highest BCUT2D eigenvalue weighted by Crippen LogP contribution is 2.17. The highest BCUT2D eigenvalue weighted by atomic mass is 16.5. The molecule has 0 radical (unpaired) electrons. The first-order valence-electron chi connectivity index (χ1n) is 7.09. The number of rotatable bonds is 3. The van der Waals surface area contributed by atoms with Gasteiger partial charge in [0.15, 0.2) is 6.04 Å². The molecule has 2 amide bonds. The van der Waals surface area contributed by atoms with Gasteiger partial charge in [-0.25, -0.2) is 4.79 Å². The molecule has 1 aliphatic heterocycles. The fraction of sp³-hybridized carbons (Fsp3) is 0.375. The minimum absolute atomic E-state index is 0.280. The van der Waals surface area contributed by atoms with Gasteiger partial charge < -0.3 is 9.64 Å². The Kier molecular flexibility index (Phi) is 5.11. The number of benzene rings is 1. The van der Waals surface area contributed by atoms with E-state index < -0.39 is 6.09 Å². The van der Waals surface area contributed by atoms with Gasteiger partial charge in [-0.3, -0.25) is 10.1 Å². The van der Waals surface area contributed by atoms with E-state index in [1.165, 1.54) is 18.2 Å². The Labute approximate surface area is 124 Å². The van der Waals surface area contributed by atoms with E-state index in [1.807, 2.05) is 25.1 Å². The fourth-order valence-electron chi connectivity index (χ4n) is 2.51. The first-order chi connectivity index (χ1) is 10.1. The van der Waals surface area contributed by atoms with Gasteiger partial charge in [0.2, 0.25) is 0 Å². The summed E-state index contributed by atoms with van der Waals surface area (Å²) in [5.41, 5.74) is 2.56. The van der Waals surface area contributed by atoms with Crippen molar-refractivity contribution in [2.45, 2.75) is 19.4 Å². The molecule has 0 spiro atoms. The van der Waals surface area contributed by atoms with Gasteiger partial charge in [0.1, 0.15) is 0 Å². The summed E-state index contributed by atoms with van der Waals surface area (Å²) >= 11 is 0. The number of carbonyl (C=O) groups is 2. The first-order valence-corrected chi connectivity index (χ1v) is 7.09. The maximum atomic E-state index is 11.9. The number of nitrogens with one attached hydrogen (secondary N) is 2. The van der Waals surface area contributed by atoms with Crippen molar-refractivity contribution in [1.82, 2.24) is 5.32 Å². The second kappa shape index (κ2) is 7.04. The molecule has 2 atom stereocenters. The van der Waals surface area contributed by atoms with Crippen LogP contribution in [0.3, 0.4) is 0 Å². The van der Waals surface area contributed by atoms with Crippen LogP contribution in [0.15, 0.2) is 36.4 Å². The molecule has 0 saturated carbocycles. The Bertz CT molecular complexity index is 540. The molecular formula is C16H21N2O3+. The van der Waals surface area contributed by atoms with Crippen LogP contribution in [0.1, 0.15) is 18.9 Å². The maximum absolute atomic E-state index is 11.9. The summed E-state index contributed by atoms with van der Waals surface area (Å²) in [4.78, 5) is 24.1. The predicted molar refractivity (Wildman–Crippen MR) is 79.7 cm³/mol. The minimum Gasteiger partial charge on any atom is -0.453 e. The second-order valence-corrected chi connectivity index (χ2v) is 5.16. The van der Waals surface area contributed by atoms with Crippen LogP contribution in [0.5, 0.6) is 0 Å². The molecule has 1 aliphatic rings. The number of quaternary nitrogens is 1. The van der Waals surface area contributed by atoms with E-state index in [9.17, 15) is 9.59 Å². The number of carbonyl (C=O) groups excluding carboxylic acids is 2. The fourth-order valence-corrected chi connectivity index (χ4v) is 2.51. The molecule has 2 rings (SSSR count). The molecule has 0 saturated heterocycles. The van der Waals surface area contributed by atoms with E-state index in [2.05, 4.69) is 28.3 Å². The van der Waals surface area contributed by atoms with E-state index in [0.29, 0.717) is 0 Å². The van der Waals surface area contributed by atoms with Gasteiger partial charge >= 0.3 is 6.09 Å². The standard InChI is InChI=1S/C16H20N2O3/c1-12(15(19)17-16(20)21-2)18-10-8-14(9-11-18)13-6-4-3-5-7-13/h3-8,12H,9-11H2,1-2H3,(H,17,19,20)/p+1/t12-/m0/s1. The number of imide groups is 1. The smallest absolute Gasteiger partial charge is 0.413 e. The summed E-state index contributed by atoms with van der Waals surface area (Å²) < 4.78 is 4.44. The number of alkyl carbamates (subject to hydrolysis) is 1. The summed E-state index contributed by atoms with van der Waals surface area (Å²) in [6.07, 6.45) is 2.40. The molecule has 112 valence electrons. The highest BCUT2D eigenvalue weighted by molar-refractivity contribution is 5.93. The van der Waals surface area contributed by atoms with Gasteiger partial charge in [-0.1, -0.05) is 30.3 Å². The van der Waals surface area contributed by atoms with E-state index in [0.717, 1.165) is 24.4 Å². The van der Waals surface area contributed by atoms with Crippen LogP contribution >= 0.6 is 0 Å². The lowest BCUT2D eigenvalue weighted by molar-refractivity contribution is -0.909. The Morgan fingerprint density at radius 1 is 1.29 bits per heavy atom. The summed E-state index contributed by atoms with van der Waals surface area (Å²) in [5, 5.41) is 2.23. The van der Waals surface area contributed by atoms with E-state index in [1.54, 1.807) is 0 Å². The van der Waals surface area contributed by atoms with Crippen LogP contribution in [-0.2, 0) is 9.53 Å². The third-order valence-electron chi connectivity index (χ3n) is 3.89. The van der Waals surface area contributed by atoms with Crippen molar-refractivity contribution in [2.75, 3.05) is 20.2 Å². The molecule has 0 aliphatic carbocycles. The normalized spacial score (nSPS) is 19.3.